The van der Waals surface area contributed by atoms with E-state index in [0.29, 0.717) is 0 Å². The van der Waals surface area contributed by atoms with Gasteiger partial charge in [-0.05, 0) is 29.8 Å². The highest BCUT2D eigenvalue weighted by molar-refractivity contribution is 5.86. The molecule has 1 aromatic heterocycles. The number of rotatable bonds is 6. The van der Waals surface area contributed by atoms with Crippen LogP contribution in [0, 0.1) is 0 Å². The zero-order valence-electron chi connectivity index (χ0n) is 13.2. The fourth-order valence-electron chi connectivity index (χ4n) is 3.11. The van der Waals surface area contributed by atoms with Crippen LogP contribution in [0.1, 0.15) is 22.5 Å². The topological polar surface area (TPSA) is 60.9 Å². The summed E-state index contributed by atoms with van der Waals surface area (Å²) in [6.45, 7) is 5.39. The number of carbonyl (C=O) groups excluding carboxylic acids is 1. The standard InChI is InChI=1S/C18H22N2O3/c21-18(22)15-5-7-16(8-6-15)20-12-10-19(11-13-20)9-1-3-17-4-2-14-23-17/h2,4-8,14H,1,3,9-13H2,(H,21,22). The van der Waals surface area contributed by atoms with Crippen molar-refractivity contribution in [3.8, 4) is 0 Å². The third-order valence-electron chi connectivity index (χ3n) is 4.47. The van der Waals surface area contributed by atoms with Gasteiger partial charge in [0, 0.05) is 18.5 Å². The minimum absolute atomic E-state index is 0.232. The lowest BCUT2D eigenvalue weighted by Crippen LogP contribution is -3.14. The molecule has 0 amide bonds. The van der Waals surface area contributed by atoms with E-state index in [1.807, 2.05) is 24.3 Å². The van der Waals surface area contributed by atoms with Gasteiger partial charge in [0.2, 0.25) is 0 Å². The van der Waals surface area contributed by atoms with E-state index < -0.39 is 5.97 Å². The number of benzene rings is 1. The second-order valence-corrected chi connectivity index (χ2v) is 6.00. The Labute approximate surface area is 136 Å². The molecule has 23 heavy (non-hydrogen) atoms. The Morgan fingerprint density at radius 2 is 1.91 bits per heavy atom. The van der Waals surface area contributed by atoms with Crippen LogP contribution in [0.25, 0.3) is 0 Å². The van der Waals surface area contributed by atoms with Gasteiger partial charge in [0.05, 0.1) is 45.0 Å². The number of piperazine rings is 1. The van der Waals surface area contributed by atoms with Crippen molar-refractivity contribution in [1.29, 1.82) is 0 Å². The summed E-state index contributed by atoms with van der Waals surface area (Å²) in [7, 11) is 0. The number of aromatic carboxylic acids is 1. The Morgan fingerprint density at radius 3 is 2.52 bits per heavy atom. The molecule has 5 heteroatoms. The van der Waals surface area contributed by atoms with E-state index in [9.17, 15) is 9.90 Å². The summed E-state index contributed by atoms with van der Waals surface area (Å²) in [5.74, 6) is -0.0570. The van der Waals surface area contributed by atoms with Crippen LogP contribution >= 0.6 is 0 Å². The summed E-state index contributed by atoms with van der Waals surface area (Å²) in [6, 6.07) is 10.9. The van der Waals surface area contributed by atoms with Crippen LogP contribution in [0.2, 0.25) is 0 Å². The number of hydrogen-bond donors (Lipinski definition) is 1. The molecular weight excluding hydrogens is 292 g/mol. The molecule has 1 saturated heterocycles. The Balaban J connectivity index is 1.43. The van der Waals surface area contributed by atoms with Crippen LogP contribution in [0.5, 0.6) is 0 Å². The fourth-order valence-corrected chi connectivity index (χ4v) is 3.11. The molecule has 1 aromatic carbocycles. The highest BCUT2D eigenvalue weighted by Crippen LogP contribution is 2.15. The quantitative estimate of drug-likeness (QED) is 0.814. The lowest BCUT2D eigenvalue weighted by molar-refractivity contribution is -0.900. The summed E-state index contributed by atoms with van der Waals surface area (Å²) in [5.41, 5.74) is 1.32. The Morgan fingerprint density at radius 1 is 1.17 bits per heavy atom. The van der Waals surface area contributed by atoms with Crippen molar-refractivity contribution in [2.24, 2.45) is 0 Å². The smallest absolute Gasteiger partial charge is 0.103 e. The number of hydrogen-bond acceptors (Lipinski definition) is 4. The molecule has 1 fully saturated rings. The molecule has 0 saturated carbocycles. The van der Waals surface area contributed by atoms with Crippen molar-refractivity contribution in [1.82, 2.24) is 0 Å². The first-order valence-electron chi connectivity index (χ1n) is 8.15. The van der Waals surface area contributed by atoms with Crippen LogP contribution in [0.15, 0.2) is 47.1 Å². The van der Waals surface area contributed by atoms with E-state index in [-0.39, 0.29) is 5.56 Å². The average Bonchev–Trinajstić information content (AvgIpc) is 3.09. The number of furan rings is 1. The lowest BCUT2D eigenvalue weighted by Gasteiger charge is -2.33. The van der Waals surface area contributed by atoms with Gasteiger partial charge in [-0.15, -0.1) is 0 Å². The van der Waals surface area contributed by atoms with Crippen LogP contribution in [0.3, 0.4) is 0 Å². The normalized spacial score (nSPS) is 15.7. The molecule has 122 valence electrons. The number of carboxylic acids is 1. The maximum Gasteiger partial charge on any atom is 0.103 e. The first-order valence-corrected chi connectivity index (χ1v) is 8.15. The van der Waals surface area contributed by atoms with Crippen molar-refractivity contribution in [2.45, 2.75) is 12.8 Å². The van der Waals surface area contributed by atoms with Gasteiger partial charge in [-0.2, -0.15) is 0 Å². The van der Waals surface area contributed by atoms with Crippen LogP contribution in [0.4, 0.5) is 5.69 Å². The van der Waals surface area contributed by atoms with Gasteiger partial charge in [0.1, 0.15) is 5.76 Å². The van der Waals surface area contributed by atoms with E-state index in [1.54, 1.807) is 23.3 Å². The number of carbonyl (C=O) groups is 1. The maximum absolute atomic E-state index is 10.8. The Bertz CT molecular complexity index is 614. The van der Waals surface area contributed by atoms with Gasteiger partial charge in [-0.1, -0.05) is 12.1 Å². The first-order chi connectivity index (χ1) is 11.2. The zero-order chi connectivity index (χ0) is 16.1. The highest BCUT2D eigenvalue weighted by Gasteiger charge is 2.19. The van der Waals surface area contributed by atoms with Crippen molar-refractivity contribution >= 4 is 11.7 Å². The summed E-state index contributed by atoms with van der Waals surface area (Å²) in [6.07, 6.45) is 3.88. The van der Waals surface area contributed by atoms with Gasteiger partial charge in [-0.3, -0.25) is 0 Å². The van der Waals surface area contributed by atoms with Gasteiger partial charge in [0.15, 0.2) is 0 Å². The lowest BCUT2D eigenvalue weighted by atomic mass is 10.1. The highest BCUT2D eigenvalue weighted by atomic mass is 16.4. The molecule has 1 aliphatic heterocycles. The molecule has 3 rings (SSSR count). The third kappa shape index (κ3) is 4.13. The molecular formula is C18H22N2O3. The molecule has 0 radical (unpaired) electrons. The number of quaternary nitrogens is 1. The third-order valence-corrected chi connectivity index (χ3v) is 4.47. The Hall–Kier alpha value is -2.27. The van der Waals surface area contributed by atoms with Crippen LogP contribution < -0.4 is 14.9 Å². The second kappa shape index (κ2) is 7.33. The van der Waals surface area contributed by atoms with Crippen molar-refractivity contribution in [2.75, 3.05) is 37.6 Å². The summed E-state index contributed by atoms with van der Waals surface area (Å²) in [5, 5.41) is 10.8. The Kier molecular flexibility index (Phi) is 4.98. The minimum Gasteiger partial charge on any atom is -0.545 e. The molecule has 1 aliphatic rings. The molecule has 2 heterocycles. The van der Waals surface area contributed by atoms with E-state index in [0.717, 1.165) is 57.0 Å². The molecule has 1 N–H and O–H groups in total. The predicted molar refractivity (Wildman–Crippen MR) is 85.6 cm³/mol. The largest absolute Gasteiger partial charge is 0.545 e. The van der Waals surface area contributed by atoms with E-state index >= 15 is 0 Å². The average molecular weight is 314 g/mol. The maximum atomic E-state index is 10.8. The number of nitrogens with one attached hydrogen (secondary N) is 1. The van der Waals surface area contributed by atoms with E-state index in [1.165, 1.54) is 0 Å². The molecule has 5 nitrogen and oxygen atoms in total. The second-order valence-electron chi connectivity index (χ2n) is 6.00. The summed E-state index contributed by atoms with van der Waals surface area (Å²) in [4.78, 5) is 14.7. The van der Waals surface area contributed by atoms with Crippen LogP contribution in [-0.2, 0) is 6.42 Å². The molecule has 0 atom stereocenters. The minimum atomic E-state index is -1.12. The van der Waals surface area contributed by atoms with Crippen LogP contribution in [-0.4, -0.2) is 38.7 Å². The molecule has 0 aliphatic carbocycles. The molecule has 0 spiro atoms. The monoisotopic (exact) mass is 314 g/mol. The number of anilines is 1. The molecule has 0 bridgehead atoms. The van der Waals surface area contributed by atoms with Crippen molar-refractivity contribution in [3.05, 3.63) is 54.0 Å². The summed E-state index contributed by atoms with van der Waals surface area (Å²) >= 11 is 0. The summed E-state index contributed by atoms with van der Waals surface area (Å²) < 4.78 is 5.36. The van der Waals surface area contributed by atoms with Gasteiger partial charge < -0.3 is 24.1 Å². The zero-order valence-corrected chi connectivity index (χ0v) is 13.2. The van der Waals surface area contributed by atoms with Crippen molar-refractivity contribution < 1.29 is 19.2 Å². The van der Waals surface area contributed by atoms with Gasteiger partial charge in [-0.25, -0.2) is 0 Å². The first kappa shape index (κ1) is 15.6. The molecule has 2 aromatic rings. The number of aryl methyl sites for hydroxylation is 1. The fraction of sp³-hybridized carbons (Fsp3) is 0.389. The number of nitrogens with zero attached hydrogens (tertiary/aromatic N) is 1. The van der Waals surface area contributed by atoms with E-state index in [2.05, 4.69) is 4.90 Å². The van der Waals surface area contributed by atoms with Crippen molar-refractivity contribution in [3.63, 3.8) is 0 Å². The van der Waals surface area contributed by atoms with E-state index in [4.69, 9.17) is 4.42 Å². The number of carboxylic acid groups (broad SMARTS) is 1. The van der Waals surface area contributed by atoms with Gasteiger partial charge >= 0.3 is 0 Å². The SMILES string of the molecule is O=C([O-])c1ccc(N2CC[NH+](CCCc3ccco3)CC2)cc1. The molecule has 0 unspecified atom stereocenters. The predicted octanol–water partition coefficient (Wildman–Crippen LogP) is -0.0192. The van der Waals surface area contributed by atoms with Gasteiger partial charge in [0.25, 0.3) is 0 Å².